The van der Waals surface area contributed by atoms with Crippen LogP contribution in [0.3, 0.4) is 0 Å². The molecule has 178 valence electrons. The lowest BCUT2D eigenvalue weighted by molar-refractivity contribution is -0.130. The maximum absolute atomic E-state index is 14.4. The molecule has 1 aliphatic carbocycles. The van der Waals surface area contributed by atoms with Crippen LogP contribution in [0.4, 0.5) is 16.0 Å². The first-order valence-corrected chi connectivity index (χ1v) is 13.3. The Balaban J connectivity index is 1.17. The Bertz CT molecular complexity index is 1140. The number of piperidine rings is 1. The molecule has 0 radical (unpaired) electrons. The minimum atomic E-state index is -3.49. The molecular weight excluding hydrogens is 449 g/mol. The lowest BCUT2D eigenvalue weighted by Crippen LogP contribution is -2.47. The zero-order valence-corrected chi connectivity index (χ0v) is 19.4. The number of sulfone groups is 1. The molecule has 1 saturated carbocycles. The third-order valence-electron chi connectivity index (χ3n) is 7.01. The van der Waals surface area contributed by atoms with E-state index in [1.807, 2.05) is 4.90 Å². The van der Waals surface area contributed by atoms with Gasteiger partial charge in [-0.2, -0.15) is 4.98 Å². The average Bonchev–Trinajstić information content (AvgIpc) is 3.35. The summed E-state index contributed by atoms with van der Waals surface area (Å²) in [6, 6.07) is 3.31. The molecule has 3 heterocycles. The molecule has 11 heteroatoms. The monoisotopic (exact) mass is 477 g/mol. The van der Waals surface area contributed by atoms with E-state index >= 15 is 0 Å². The molecule has 1 atom stereocenters. The number of aromatic nitrogens is 2. The second kappa shape index (κ2) is 8.58. The molecule has 33 heavy (non-hydrogen) atoms. The fourth-order valence-electron chi connectivity index (χ4n) is 4.78. The van der Waals surface area contributed by atoms with Crippen molar-refractivity contribution in [3.63, 3.8) is 0 Å². The van der Waals surface area contributed by atoms with Gasteiger partial charge in [0.05, 0.1) is 10.6 Å². The maximum atomic E-state index is 14.4. The van der Waals surface area contributed by atoms with Gasteiger partial charge in [-0.25, -0.2) is 12.8 Å². The van der Waals surface area contributed by atoms with E-state index in [-0.39, 0.29) is 22.5 Å². The Kier molecular flexibility index (Phi) is 5.75. The summed E-state index contributed by atoms with van der Waals surface area (Å²) in [6.45, 7) is 2.10. The average molecular weight is 478 g/mol. The van der Waals surface area contributed by atoms with E-state index in [1.165, 1.54) is 18.6 Å². The molecule has 1 N–H and O–H groups in total. The highest BCUT2D eigenvalue weighted by Gasteiger charge is 2.38. The smallest absolute Gasteiger partial charge is 0.266 e. The van der Waals surface area contributed by atoms with Gasteiger partial charge in [-0.3, -0.25) is 4.79 Å². The topological polar surface area (TPSA) is 109 Å². The molecule has 0 spiro atoms. The van der Waals surface area contributed by atoms with Gasteiger partial charge in [0, 0.05) is 37.8 Å². The van der Waals surface area contributed by atoms with Crippen LogP contribution in [0, 0.1) is 5.82 Å². The zero-order valence-electron chi connectivity index (χ0n) is 18.5. The molecule has 2 aliphatic heterocycles. The number of hydrogen-bond acceptors (Lipinski definition) is 8. The van der Waals surface area contributed by atoms with Gasteiger partial charge in [-0.1, -0.05) is 6.42 Å². The Morgan fingerprint density at radius 2 is 1.88 bits per heavy atom. The van der Waals surface area contributed by atoms with Crippen molar-refractivity contribution in [3.05, 3.63) is 29.9 Å². The number of hydrogen-bond donors (Lipinski definition) is 1. The third-order valence-corrected chi connectivity index (χ3v) is 8.12. The van der Waals surface area contributed by atoms with Gasteiger partial charge in [0.15, 0.2) is 9.84 Å². The highest BCUT2D eigenvalue weighted by Crippen LogP contribution is 2.36. The van der Waals surface area contributed by atoms with Crippen molar-refractivity contribution in [2.24, 2.45) is 0 Å². The predicted octanol–water partition coefficient (Wildman–Crippen LogP) is 2.56. The van der Waals surface area contributed by atoms with Crippen LogP contribution in [-0.2, 0) is 14.6 Å². The number of benzene rings is 1. The molecule has 0 bridgehead atoms. The summed E-state index contributed by atoms with van der Waals surface area (Å²) in [4.78, 5) is 21.5. The Hall–Kier alpha value is -2.69. The van der Waals surface area contributed by atoms with Gasteiger partial charge in [0.1, 0.15) is 11.9 Å². The van der Waals surface area contributed by atoms with Crippen molar-refractivity contribution in [2.75, 3.05) is 36.1 Å². The molecule has 1 aromatic heterocycles. The fraction of sp³-hybridized carbons (Fsp3) is 0.591. The number of carbonyl (C=O) groups is 1. The second-order valence-electron chi connectivity index (χ2n) is 9.21. The number of halogens is 1. The first-order chi connectivity index (χ1) is 15.8. The summed E-state index contributed by atoms with van der Waals surface area (Å²) in [5, 5.41) is 7.11. The first-order valence-electron chi connectivity index (χ1n) is 11.4. The number of carbonyl (C=O) groups excluding carboxylic acids is 1. The SMILES string of the molecule is CS(=O)(=O)c1ccc(N[C@H]2CCN(C3CCN(c4noc(C5CCC5)n4)CC3)C2=O)c(F)c1. The van der Waals surface area contributed by atoms with Crippen LogP contribution >= 0.6 is 0 Å². The normalized spacial score (nSPS) is 22.6. The number of anilines is 2. The van der Waals surface area contributed by atoms with Crippen LogP contribution in [0.25, 0.3) is 0 Å². The highest BCUT2D eigenvalue weighted by atomic mass is 32.2. The second-order valence-corrected chi connectivity index (χ2v) is 11.2. The van der Waals surface area contributed by atoms with Crippen molar-refractivity contribution in [3.8, 4) is 0 Å². The largest absolute Gasteiger partial charge is 0.371 e. The molecule has 3 fully saturated rings. The lowest BCUT2D eigenvalue weighted by Gasteiger charge is -2.36. The van der Waals surface area contributed by atoms with Crippen molar-refractivity contribution < 1.29 is 22.1 Å². The van der Waals surface area contributed by atoms with Crippen LogP contribution in [0.15, 0.2) is 27.6 Å². The molecule has 2 aromatic rings. The van der Waals surface area contributed by atoms with Crippen molar-refractivity contribution in [1.82, 2.24) is 15.0 Å². The Morgan fingerprint density at radius 1 is 1.12 bits per heavy atom. The third kappa shape index (κ3) is 4.42. The number of nitrogens with zero attached hydrogens (tertiary/aromatic N) is 4. The van der Waals surface area contributed by atoms with Crippen LogP contribution in [0.2, 0.25) is 0 Å². The minimum absolute atomic E-state index is 0.0492. The van der Waals surface area contributed by atoms with Crippen molar-refractivity contribution >= 4 is 27.4 Å². The zero-order chi connectivity index (χ0) is 23.2. The van der Waals surface area contributed by atoms with Crippen molar-refractivity contribution in [1.29, 1.82) is 0 Å². The summed E-state index contributed by atoms with van der Waals surface area (Å²) in [5.41, 5.74) is 0.136. The Labute approximate surface area is 192 Å². The summed E-state index contributed by atoms with van der Waals surface area (Å²) >= 11 is 0. The molecule has 9 nitrogen and oxygen atoms in total. The van der Waals surface area contributed by atoms with E-state index in [9.17, 15) is 17.6 Å². The first kappa shape index (κ1) is 22.1. The molecule has 5 rings (SSSR count). The van der Waals surface area contributed by atoms with E-state index in [0.717, 1.165) is 57.0 Å². The number of rotatable bonds is 6. The van der Waals surface area contributed by atoms with Gasteiger partial charge in [0.25, 0.3) is 5.95 Å². The number of likely N-dealkylation sites (tertiary alicyclic amines) is 1. The summed E-state index contributed by atoms with van der Waals surface area (Å²) in [7, 11) is -3.49. The van der Waals surface area contributed by atoms with Crippen molar-refractivity contribution in [2.45, 2.75) is 61.4 Å². The van der Waals surface area contributed by atoms with E-state index in [4.69, 9.17) is 4.52 Å². The minimum Gasteiger partial charge on any atom is -0.371 e. The molecule has 2 saturated heterocycles. The fourth-order valence-corrected chi connectivity index (χ4v) is 5.42. The summed E-state index contributed by atoms with van der Waals surface area (Å²) in [5.74, 6) is 1.04. The number of nitrogens with one attached hydrogen (secondary N) is 1. The van der Waals surface area contributed by atoms with Gasteiger partial charge in [0.2, 0.25) is 11.8 Å². The van der Waals surface area contributed by atoms with Crippen LogP contribution in [0.1, 0.15) is 50.3 Å². The van der Waals surface area contributed by atoms with Gasteiger partial charge in [-0.15, -0.1) is 0 Å². The molecule has 1 aromatic carbocycles. The van der Waals surface area contributed by atoms with E-state index in [2.05, 4.69) is 20.4 Å². The van der Waals surface area contributed by atoms with E-state index in [0.29, 0.717) is 24.8 Å². The van der Waals surface area contributed by atoms with Crippen LogP contribution in [0.5, 0.6) is 0 Å². The number of amides is 1. The van der Waals surface area contributed by atoms with Crippen LogP contribution < -0.4 is 10.2 Å². The van der Waals surface area contributed by atoms with Gasteiger partial charge in [-0.05, 0) is 55.5 Å². The van der Waals surface area contributed by atoms with E-state index in [1.54, 1.807) is 0 Å². The maximum Gasteiger partial charge on any atom is 0.266 e. The van der Waals surface area contributed by atoms with E-state index < -0.39 is 21.7 Å². The molecule has 3 aliphatic rings. The predicted molar refractivity (Wildman–Crippen MR) is 119 cm³/mol. The van der Waals surface area contributed by atoms with Gasteiger partial charge >= 0.3 is 0 Å². The summed E-state index contributed by atoms with van der Waals surface area (Å²) in [6.07, 6.45) is 6.66. The highest BCUT2D eigenvalue weighted by molar-refractivity contribution is 7.90. The standard InChI is InChI=1S/C22H28FN5O4S/c1-33(30,31)16-5-6-18(17(23)13-16)24-19-9-12-28(21(19)29)15-7-10-27(11-8-15)22-25-20(32-26-22)14-3-2-4-14/h5-6,13-15,19,24H,2-4,7-12H2,1H3/t19-/m0/s1. The Morgan fingerprint density at radius 3 is 2.52 bits per heavy atom. The van der Waals surface area contributed by atoms with Crippen LogP contribution in [-0.4, -0.2) is 67.3 Å². The lowest BCUT2D eigenvalue weighted by atomic mass is 9.85. The van der Waals surface area contributed by atoms with Gasteiger partial charge < -0.3 is 19.6 Å². The summed E-state index contributed by atoms with van der Waals surface area (Å²) < 4.78 is 43.1. The molecule has 1 amide bonds. The quantitative estimate of drug-likeness (QED) is 0.676. The molecular formula is C22H28FN5O4S. The molecule has 0 unspecified atom stereocenters.